The third kappa shape index (κ3) is 2.07. The van der Waals surface area contributed by atoms with E-state index in [1.54, 1.807) is 0 Å². The van der Waals surface area contributed by atoms with Gasteiger partial charge in [0.15, 0.2) is 0 Å². The first-order valence-corrected chi connectivity index (χ1v) is 4.67. The van der Waals surface area contributed by atoms with Crippen LogP contribution >= 0.6 is 0 Å². The molecule has 2 rings (SSSR count). The van der Waals surface area contributed by atoms with Gasteiger partial charge in [-0.25, -0.2) is 4.39 Å². The maximum atomic E-state index is 13.0. The van der Waals surface area contributed by atoms with Crippen LogP contribution in [0.15, 0.2) is 18.2 Å². The van der Waals surface area contributed by atoms with Crippen LogP contribution in [0.25, 0.3) is 0 Å². The van der Waals surface area contributed by atoms with Crippen molar-refractivity contribution in [3.8, 4) is 5.75 Å². The lowest BCUT2D eigenvalue weighted by Gasteiger charge is -2.23. The fraction of sp³-hybridized carbons (Fsp3) is 0.300. The highest BCUT2D eigenvalue weighted by atomic mass is 19.1. The number of halogens is 1. The maximum Gasteiger partial charge on any atom is 0.241 e. The van der Waals surface area contributed by atoms with Crippen molar-refractivity contribution in [1.29, 1.82) is 0 Å². The molecule has 1 aliphatic rings. The molecule has 0 saturated carbocycles. The van der Waals surface area contributed by atoms with Crippen LogP contribution in [-0.4, -0.2) is 24.1 Å². The molecule has 1 amide bonds. The molecular formula is C10H11FN2O2. The van der Waals surface area contributed by atoms with E-state index in [9.17, 15) is 14.3 Å². The Morgan fingerprint density at radius 2 is 2.13 bits per heavy atom. The first-order valence-electron chi connectivity index (χ1n) is 4.67. The zero-order valence-electron chi connectivity index (χ0n) is 7.96. The van der Waals surface area contributed by atoms with Gasteiger partial charge in [-0.1, -0.05) is 0 Å². The van der Waals surface area contributed by atoms with E-state index in [0.717, 1.165) is 6.07 Å². The van der Waals surface area contributed by atoms with Crippen molar-refractivity contribution in [2.45, 2.75) is 6.04 Å². The van der Waals surface area contributed by atoms with E-state index in [-0.39, 0.29) is 11.7 Å². The van der Waals surface area contributed by atoms with E-state index in [2.05, 4.69) is 10.6 Å². The van der Waals surface area contributed by atoms with Crippen molar-refractivity contribution >= 4 is 5.91 Å². The molecule has 80 valence electrons. The van der Waals surface area contributed by atoms with Gasteiger partial charge in [0.1, 0.15) is 17.6 Å². The van der Waals surface area contributed by atoms with Crippen LogP contribution in [-0.2, 0) is 4.79 Å². The van der Waals surface area contributed by atoms with Gasteiger partial charge in [-0.3, -0.25) is 4.79 Å². The molecule has 1 saturated heterocycles. The summed E-state index contributed by atoms with van der Waals surface area (Å²) in [5.41, 5.74) is 0.435. The Morgan fingerprint density at radius 3 is 2.80 bits per heavy atom. The monoisotopic (exact) mass is 210 g/mol. The molecule has 5 heteroatoms. The van der Waals surface area contributed by atoms with Crippen molar-refractivity contribution in [2.24, 2.45) is 0 Å². The summed E-state index contributed by atoms with van der Waals surface area (Å²) < 4.78 is 13.0. The minimum Gasteiger partial charge on any atom is -0.508 e. The van der Waals surface area contributed by atoms with Gasteiger partial charge in [0, 0.05) is 19.2 Å². The third-order valence-electron chi connectivity index (χ3n) is 2.27. The number of nitrogens with one attached hydrogen (secondary N) is 2. The van der Waals surface area contributed by atoms with Crippen LogP contribution in [0.3, 0.4) is 0 Å². The van der Waals surface area contributed by atoms with E-state index in [4.69, 9.17) is 0 Å². The lowest BCUT2D eigenvalue weighted by molar-refractivity contribution is -0.124. The summed E-state index contributed by atoms with van der Waals surface area (Å²) in [5, 5.41) is 14.8. The average molecular weight is 210 g/mol. The topological polar surface area (TPSA) is 61.4 Å². The molecule has 1 heterocycles. The Labute approximate surface area is 86.1 Å². The molecule has 0 aliphatic carbocycles. The number of carbonyl (C=O) groups excluding carboxylic acids is 1. The zero-order valence-corrected chi connectivity index (χ0v) is 7.96. The van der Waals surface area contributed by atoms with Crippen molar-refractivity contribution < 1.29 is 14.3 Å². The highest BCUT2D eigenvalue weighted by Gasteiger charge is 2.23. The van der Waals surface area contributed by atoms with Gasteiger partial charge in [-0.2, -0.15) is 0 Å². The number of benzene rings is 1. The average Bonchev–Trinajstić information content (AvgIpc) is 2.16. The Morgan fingerprint density at radius 1 is 1.33 bits per heavy atom. The van der Waals surface area contributed by atoms with E-state index < -0.39 is 11.9 Å². The minimum absolute atomic E-state index is 0.176. The van der Waals surface area contributed by atoms with Crippen molar-refractivity contribution in [3.05, 3.63) is 29.6 Å². The normalized spacial score (nSPS) is 21.1. The molecule has 1 aromatic rings. The van der Waals surface area contributed by atoms with E-state index in [0.29, 0.717) is 18.7 Å². The summed E-state index contributed by atoms with van der Waals surface area (Å²) in [5.74, 6) is -0.929. The number of piperazine rings is 1. The molecule has 15 heavy (non-hydrogen) atoms. The Kier molecular flexibility index (Phi) is 2.55. The fourth-order valence-electron chi connectivity index (χ4n) is 1.63. The zero-order chi connectivity index (χ0) is 10.8. The molecule has 4 nitrogen and oxygen atoms in total. The molecule has 0 aromatic heterocycles. The lowest BCUT2D eigenvalue weighted by atomic mass is 10.0. The van der Waals surface area contributed by atoms with Crippen molar-refractivity contribution in [1.82, 2.24) is 10.6 Å². The predicted molar refractivity (Wildman–Crippen MR) is 51.8 cm³/mol. The van der Waals surface area contributed by atoms with Gasteiger partial charge in [0.25, 0.3) is 0 Å². The molecule has 1 fully saturated rings. The minimum atomic E-state index is -0.583. The Balaban J connectivity index is 2.31. The molecule has 1 aromatic carbocycles. The second kappa shape index (κ2) is 3.86. The summed E-state index contributed by atoms with van der Waals surface area (Å²) in [4.78, 5) is 11.4. The van der Waals surface area contributed by atoms with E-state index in [1.165, 1.54) is 12.1 Å². The number of phenols is 1. The number of hydrogen-bond donors (Lipinski definition) is 3. The second-order valence-electron chi connectivity index (χ2n) is 3.42. The number of aromatic hydroxyl groups is 1. The van der Waals surface area contributed by atoms with Crippen LogP contribution in [0.2, 0.25) is 0 Å². The molecule has 3 N–H and O–H groups in total. The predicted octanol–water partition coefficient (Wildman–Crippen LogP) is 0.292. The SMILES string of the molecule is O=C1NCCNC1c1cc(O)cc(F)c1. The van der Waals surface area contributed by atoms with Gasteiger partial charge < -0.3 is 15.7 Å². The summed E-state index contributed by atoms with van der Waals surface area (Å²) in [6.45, 7) is 1.20. The number of carbonyl (C=O) groups is 1. The van der Waals surface area contributed by atoms with Gasteiger partial charge in [0.05, 0.1) is 0 Å². The van der Waals surface area contributed by atoms with Crippen LogP contribution in [0, 0.1) is 5.82 Å². The van der Waals surface area contributed by atoms with Crippen LogP contribution in [0.5, 0.6) is 5.75 Å². The summed E-state index contributed by atoms with van der Waals surface area (Å²) >= 11 is 0. The molecular weight excluding hydrogens is 199 g/mol. The number of amides is 1. The molecule has 0 bridgehead atoms. The van der Waals surface area contributed by atoms with Crippen LogP contribution in [0.4, 0.5) is 4.39 Å². The van der Waals surface area contributed by atoms with Crippen molar-refractivity contribution in [2.75, 3.05) is 13.1 Å². The Hall–Kier alpha value is -1.62. The quantitative estimate of drug-likeness (QED) is 0.624. The van der Waals surface area contributed by atoms with Gasteiger partial charge in [-0.15, -0.1) is 0 Å². The lowest BCUT2D eigenvalue weighted by Crippen LogP contribution is -2.47. The van der Waals surface area contributed by atoms with Crippen LogP contribution in [0.1, 0.15) is 11.6 Å². The first kappa shape index (κ1) is 9.92. The number of hydrogen-bond acceptors (Lipinski definition) is 3. The van der Waals surface area contributed by atoms with E-state index in [1.807, 2.05) is 0 Å². The highest BCUT2D eigenvalue weighted by molar-refractivity contribution is 5.84. The smallest absolute Gasteiger partial charge is 0.241 e. The van der Waals surface area contributed by atoms with Crippen LogP contribution < -0.4 is 10.6 Å². The molecule has 1 atom stereocenters. The summed E-state index contributed by atoms with van der Waals surface area (Å²) in [6.07, 6.45) is 0. The second-order valence-corrected chi connectivity index (χ2v) is 3.42. The summed E-state index contributed by atoms with van der Waals surface area (Å²) in [7, 11) is 0. The summed E-state index contributed by atoms with van der Waals surface area (Å²) in [6, 6.07) is 3.04. The van der Waals surface area contributed by atoms with Crippen molar-refractivity contribution in [3.63, 3.8) is 0 Å². The molecule has 0 spiro atoms. The molecule has 0 radical (unpaired) electrons. The Bertz CT molecular complexity index is 375. The molecule has 1 unspecified atom stereocenters. The van der Waals surface area contributed by atoms with Gasteiger partial charge >= 0.3 is 0 Å². The maximum absolute atomic E-state index is 13.0. The largest absolute Gasteiger partial charge is 0.508 e. The third-order valence-corrected chi connectivity index (χ3v) is 2.27. The van der Waals surface area contributed by atoms with E-state index >= 15 is 0 Å². The fourth-order valence-corrected chi connectivity index (χ4v) is 1.63. The standard InChI is InChI=1S/C10H11FN2O2/c11-7-3-6(4-8(14)5-7)9-10(15)13-2-1-12-9/h3-5,9,12,14H,1-2H2,(H,13,15). The first-order chi connectivity index (χ1) is 7.16. The number of rotatable bonds is 1. The highest BCUT2D eigenvalue weighted by Crippen LogP contribution is 2.21. The van der Waals surface area contributed by atoms with Gasteiger partial charge in [-0.05, 0) is 17.7 Å². The molecule has 1 aliphatic heterocycles. The number of phenolic OH excluding ortho intramolecular Hbond substituents is 1. The van der Waals surface area contributed by atoms with Gasteiger partial charge in [0.2, 0.25) is 5.91 Å².